The fraction of sp³-hybridized carbons (Fsp3) is 0.429. The first-order valence-corrected chi connectivity index (χ1v) is 7.54. The summed E-state index contributed by atoms with van der Waals surface area (Å²) in [5, 5.41) is 0. The molecule has 1 fully saturated rings. The fourth-order valence-electron chi connectivity index (χ4n) is 2.02. The minimum atomic E-state index is 0.0608. The molecule has 1 aliphatic rings. The Hall–Kier alpha value is -0.940. The van der Waals surface area contributed by atoms with Crippen LogP contribution in [0.1, 0.15) is 35.2 Å². The second kappa shape index (κ2) is 6.01. The molecule has 102 valence electrons. The van der Waals surface area contributed by atoms with Gasteiger partial charge in [-0.25, -0.2) is 0 Å². The number of carbonyl (C=O) groups is 1. The van der Waals surface area contributed by atoms with Gasteiger partial charge in [0.05, 0.1) is 10.6 Å². The first-order valence-electron chi connectivity index (χ1n) is 6.34. The zero-order valence-corrected chi connectivity index (χ0v) is 13.3. The van der Waals surface area contributed by atoms with Gasteiger partial charge in [0, 0.05) is 23.5 Å². The van der Waals surface area contributed by atoms with Crippen molar-refractivity contribution in [3.05, 3.63) is 33.8 Å². The fourth-order valence-corrected chi connectivity index (χ4v) is 2.77. The van der Waals surface area contributed by atoms with Crippen LogP contribution in [0.15, 0.2) is 22.7 Å². The highest BCUT2D eigenvalue weighted by Gasteiger charge is 2.33. The molecule has 2 rings (SSSR count). The summed E-state index contributed by atoms with van der Waals surface area (Å²) in [7, 11) is 0. The van der Waals surface area contributed by atoms with Crippen molar-refractivity contribution < 1.29 is 4.79 Å². The van der Waals surface area contributed by atoms with Crippen molar-refractivity contribution in [1.29, 1.82) is 0 Å². The van der Waals surface area contributed by atoms with Gasteiger partial charge in [0.2, 0.25) is 0 Å². The maximum Gasteiger partial charge on any atom is 0.255 e. The highest BCUT2D eigenvalue weighted by molar-refractivity contribution is 9.10. The molecule has 0 aromatic heterocycles. The van der Waals surface area contributed by atoms with E-state index in [2.05, 4.69) is 15.9 Å². The molecule has 3 nitrogen and oxygen atoms in total. The third kappa shape index (κ3) is 3.76. The number of hydrogen-bond acceptors (Lipinski definition) is 2. The average Bonchev–Trinajstić information content (AvgIpc) is 3.13. The molecule has 1 aromatic rings. The van der Waals surface area contributed by atoms with Crippen LogP contribution in [0.5, 0.6) is 0 Å². The van der Waals surface area contributed by atoms with Crippen LogP contribution in [0.3, 0.4) is 0 Å². The molecule has 0 bridgehead atoms. The summed E-state index contributed by atoms with van der Waals surface area (Å²) in [4.78, 5) is 14.9. The number of rotatable bonds is 5. The van der Waals surface area contributed by atoms with Crippen molar-refractivity contribution in [3.8, 4) is 0 Å². The van der Waals surface area contributed by atoms with Crippen molar-refractivity contribution in [2.45, 2.75) is 32.2 Å². The van der Waals surface area contributed by atoms with Crippen LogP contribution < -0.4 is 5.73 Å². The monoisotopic (exact) mass is 340 g/mol. The van der Waals surface area contributed by atoms with Crippen molar-refractivity contribution in [3.63, 3.8) is 0 Å². The van der Waals surface area contributed by atoms with E-state index in [0.29, 0.717) is 29.6 Å². The molecule has 2 N–H and O–H groups in total. The van der Waals surface area contributed by atoms with E-state index in [1.165, 1.54) is 0 Å². The number of benzene rings is 1. The lowest BCUT2D eigenvalue weighted by molar-refractivity contribution is 0.0747. The minimum absolute atomic E-state index is 0.0608. The van der Waals surface area contributed by atoms with Gasteiger partial charge in [0.25, 0.3) is 5.91 Å². The minimum Gasteiger partial charge on any atom is -0.393 e. The second-order valence-corrected chi connectivity index (χ2v) is 6.31. The van der Waals surface area contributed by atoms with E-state index in [4.69, 9.17) is 18.0 Å². The Bertz CT molecular complexity index is 514. The summed E-state index contributed by atoms with van der Waals surface area (Å²) in [6, 6.07) is 6.15. The normalized spacial score (nSPS) is 14.2. The highest BCUT2D eigenvalue weighted by Crippen LogP contribution is 2.30. The van der Waals surface area contributed by atoms with Crippen molar-refractivity contribution in [2.75, 3.05) is 6.54 Å². The number of carbonyl (C=O) groups excluding carboxylic acids is 1. The van der Waals surface area contributed by atoms with Crippen LogP contribution >= 0.6 is 28.1 Å². The maximum absolute atomic E-state index is 12.6. The molecule has 0 atom stereocenters. The molecule has 1 saturated carbocycles. The van der Waals surface area contributed by atoms with Crippen molar-refractivity contribution >= 4 is 39.0 Å². The molecule has 1 aromatic carbocycles. The maximum atomic E-state index is 12.6. The average molecular weight is 341 g/mol. The molecule has 1 amide bonds. The van der Waals surface area contributed by atoms with Gasteiger partial charge in [-0.2, -0.15) is 0 Å². The van der Waals surface area contributed by atoms with Crippen LogP contribution in [0.25, 0.3) is 0 Å². The number of hydrogen-bond donors (Lipinski definition) is 1. The standard InChI is InChI=1S/C14H17BrN2OS/c1-9-2-5-11(12(15)8-9)14(18)17(10-3-4-10)7-6-13(16)19/h2,5,8,10H,3-4,6-7H2,1H3,(H2,16,19). The van der Waals surface area contributed by atoms with Gasteiger partial charge >= 0.3 is 0 Å². The number of thiocarbonyl (C=S) groups is 1. The molecule has 0 radical (unpaired) electrons. The number of amides is 1. The number of halogens is 1. The van der Waals surface area contributed by atoms with E-state index in [1.54, 1.807) is 0 Å². The summed E-state index contributed by atoms with van der Waals surface area (Å²) in [5.41, 5.74) is 7.37. The molecule has 0 unspecified atom stereocenters. The SMILES string of the molecule is Cc1ccc(C(=O)N(CCC(N)=S)C2CC2)c(Br)c1. The Morgan fingerprint density at radius 2 is 2.21 bits per heavy atom. The van der Waals surface area contributed by atoms with Gasteiger partial charge in [0.1, 0.15) is 0 Å². The Balaban J connectivity index is 2.16. The Morgan fingerprint density at radius 3 is 2.74 bits per heavy atom. The zero-order valence-electron chi connectivity index (χ0n) is 10.9. The van der Waals surface area contributed by atoms with Crippen molar-refractivity contribution in [1.82, 2.24) is 4.90 Å². The molecule has 0 spiro atoms. The molecule has 0 heterocycles. The largest absolute Gasteiger partial charge is 0.393 e. The first-order chi connectivity index (χ1) is 8.99. The summed E-state index contributed by atoms with van der Waals surface area (Å²) >= 11 is 8.37. The lowest BCUT2D eigenvalue weighted by atomic mass is 10.1. The number of nitrogens with zero attached hydrogens (tertiary/aromatic N) is 1. The quantitative estimate of drug-likeness (QED) is 0.838. The molecule has 19 heavy (non-hydrogen) atoms. The Labute approximate surface area is 127 Å². The number of aryl methyl sites for hydroxylation is 1. The smallest absolute Gasteiger partial charge is 0.255 e. The third-order valence-corrected chi connectivity index (χ3v) is 4.06. The van der Waals surface area contributed by atoms with Gasteiger partial charge in [-0.15, -0.1) is 0 Å². The van der Waals surface area contributed by atoms with Gasteiger partial charge in [-0.1, -0.05) is 18.3 Å². The van der Waals surface area contributed by atoms with E-state index >= 15 is 0 Å². The predicted molar refractivity (Wildman–Crippen MR) is 84.3 cm³/mol. The molecule has 0 aliphatic heterocycles. The third-order valence-electron chi connectivity index (χ3n) is 3.20. The lowest BCUT2D eigenvalue weighted by Gasteiger charge is -2.23. The van der Waals surface area contributed by atoms with Crippen LogP contribution in [-0.4, -0.2) is 28.4 Å². The highest BCUT2D eigenvalue weighted by atomic mass is 79.9. The van der Waals surface area contributed by atoms with Gasteiger partial charge < -0.3 is 10.6 Å². The Morgan fingerprint density at radius 1 is 1.53 bits per heavy atom. The molecular formula is C14H17BrN2OS. The topological polar surface area (TPSA) is 46.3 Å². The van der Waals surface area contributed by atoms with Crippen LogP contribution in [0, 0.1) is 6.92 Å². The summed E-state index contributed by atoms with van der Waals surface area (Å²) in [6.45, 7) is 2.61. The van der Waals surface area contributed by atoms with Crippen LogP contribution in [0.2, 0.25) is 0 Å². The predicted octanol–water partition coefficient (Wildman–Crippen LogP) is 3.04. The number of nitrogens with two attached hydrogens (primary N) is 1. The molecule has 5 heteroatoms. The molecule has 1 aliphatic carbocycles. The van der Waals surface area contributed by atoms with E-state index < -0.39 is 0 Å². The van der Waals surface area contributed by atoms with Crippen LogP contribution in [0.4, 0.5) is 0 Å². The van der Waals surface area contributed by atoms with E-state index in [1.807, 2.05) is 30.0 Å². The Kier molecular flexibility index (Phi) is 4.58. The zero-order chi connectivity index (χ0) is 14.0. The molecule has 0 saturated heterocycles. The summed E-state index contributed by atoms with van der Waals surface area (Å²) in [5.74, 6) is 0.0608. The lowest BCUT2D eigenvalue weighted by Crippen LogP contribution is -2.35. The van der Waals surface area contributed by atoms with E-state index in [9.17, 15) is 4.79 Å². The molecular weight excluding hydrogens is 324 g/mol. The van der Waals surface area contributed by atoms with Crippen molar-refractivity contribution in [2.24, 2.45) is 5.73 Å². The van der Waals surface area contributed by atoms with E-state index in [-0.39, 0.29) is 5.91 Å². The van der Waals surface area contributed by atoms with Gasteiger partial charge in [-0.05, 0) is 53.4 Å². The van der Waals surface area contributed by atoms with Gasteiger partial charge in [-0.3, -0.25) is 4.79 Å². The first kappa shape index (κ1) is 14.5. The van der Waals surface area contributed by atoms with Gasteiger partial charge in [0.15, 0.2) is 0 Å². The van der Waals surface area contributed by atoms with E-state index in [0.717, 1.165) is 22.9 Å². The summed E-state index contributed by atoms with van der Waals surface area (Å²) in [6.07, 6.45) is 2.74. The second-order valence-electron chi connectivity index (χ2n) is 4.93. The van der Waals surface area contributed by atoms with Crippen LogP contribution in [-0.2, 0) is 0 Å². The summed E-state index contributed by atoms with van der Waals surface area (Å²) < 4.78 is 0.846.